The van der Waals surface area contributed by atoms with Crippen LogP contribution in [0.5, 0.6) is 0 Å². The van der Waals surface area contributed by atoms with Crippen LogP contribution in [0.25, 0.3) is 0 Å². The number of rotatable bonds is 9. The molecule has 0 saturated carbocycles. The van der Waals surface area contributed by atoms with Gasteiger partial charge < -0.3 is 20.1 Å². The van der Waals surface area contributed by atoms with Crippen LogP contribution in [0.4, 0.5) is 0 Å². The van der Waals surface area contributed by atoms with Crippen molar-refractivity contribution >= 4 is 0 Å². The van der Waals surface area contributed by atoms with Gasteiger partial charge >= 0.3 is 0 Å². The molecule has 1 unspecified atom stereocenters. The molecule has 0 radical (unpaired) electrons. The van der Waals surface area contributed by atoms with Crippen molar-refractivity contribution in [1.29, 1.82) is 0 Å². The maximum atomic E-state index is 9.69. The van der Waals surface area contributed by atoms with Crippen molar-refractivity contribution in [2.75, 3.05) is 40.4 Å². The van der Waals surface area contributed by atoms with E-state index in [1.165, 1.54) is 0 Å². The van der Waals surface area contributed by atoms with E-state index in [1.807, 2.05) is 7.05 Å². The fraction of sp³-hybridized carbons (Fsp3) is 1.00. The standard InChI is InChI=1S/C11H26N2O2/c1-10(2)12-8-11(14)9-13(3)6-5-7-15-4/h10-12,14H,5-9H2,1-4H3. The highest BCUT2D eigenvalue weighted by Crippen LogP contribution is 1.92. The van der Waals surface area contributed by atoms with E-state index >= 15 is 0 Å². The highest BCUT2D eigenvalue weighted by molar-refractivity contribution is 4.65. The fourth-order valence-corrected chi connectivity index (χ4v) is 1.37. The Morgan fingerprint density at radius 3 is 2.60 bits per heavy atom. The zero-order valence-electron chi connectivity index (χ0n) is 10.5. The van der Waals surface area contributed by atoms with E-state index in [2.05, 4.69) is 24.1 Å². The lowest BCUT2D eigenvalue weighted by Gasteiger charge is -2.21. The van der Waals surface area contributed by atoms with Gasteiger partial charge in [0.15, 0.2) is 0 Å². The molecule has 0 bridgehead atoms. The van der Waals surface area contributed by atoms with Crippen molar-refractivity contribution in [3.05, 3.63) is 0 Å². The van der Waals surface area contributed by atoms with E-state index in [-0.39, 0.29) is 6.10 Å². The summed E-state index contributed by atoms with van der Waals surface area (Å²) in [7, 11) is 3.73. The molecule has 0 aliphatic heterocycles. The number of aliphatic hydroxyl groups excluding tert-OH is 1. The minimum absolute atomic E-state index is 0.292. The average Bonchev–Trinajstić information content (AvgIpc) is 2.15. The second-order valence-corrected chi connectivity index (χ2v) is 4.33. The smallest absolute Gasteiger partial charge is 0.0791 e. The number of aliphatic hydroxyl groups is 1. The minimum atomic E-state index is -0.292. The summed E-state index contributed by atoms with van der Waals surface area (Å²) in [5.41, 5.74) is 0. The average molecular weight is 218 g/mol. The number of hydrogen-bond donors (Lipinski definition) is 2. The fourth-order valence-electron chi connectivity index (χ4n) is 1.37. The largest absolute Gasteiger partial charge is 0.390 e. The summed E-state index contributed by atoms with van der Waals surface area (Å²) in [6, 6.07) is 0.429. The predicted molar refractivity (Wildman–Crippen MR) is 63.1 cm³/mol. The molecule has 2 N–H and O–H groups in total. The molecule has 0 saturated heterocycles. The number of likely N-dealkylation sites (N-methyl/N-ethyl adjacent to an activating group) is 1. The van der Waals surface area contributed by atoms with Crippen molar-refractivity contribution in [1.82, 2.24) is 10.2 Å². The SMILES string of the molecule is COCCCN(C)CC(O)CNC(C)C. The molecule has 0 spiro atoms. The van der Waals surface area contributed by atoms with E-state index in [0.717, 1.165) is 19.6 Å². The number of nitrogens with zero attached hydrogens (tertiary/aromatic N) is 1. The Morgan fingerprint density at radius 2 is 2.07 bits per heavy atom. The van der Waals surface area contributed by atoms with Crippen LogP contribution in [-0.4, -0.2) is 62.6 Å². The van der Waals surface area contributed by atoms with Crippen LogP contribution in [0.3, 0.4) is 0 Å². The van der Waals surface area contributed by atoms with Gasteiger partial charge in [-0.2, -0.15) is 0 Å². The monoisotopic (exact) mass is 218 g/mol. The van der Waals surface area contributed by atoms with Crippen LogP contribution in [0.2, 0.25) is 0 Å². The first-order chi connectivity index (χ1) is 7.06. The summed E-state index contributed by atoms with van der Waals surface area (Å²) >= 11 is 0. The van der Waals surface area contributed by atoms with Crippen LogP contribution in [0.1, 0.15) is 20.3 Å². The van der Waals surface area contributed by atoms with Gasteiger partial charge in [-0.1, -0.05) is 13.8 Å². The summed E-state index contributed by atoms with van der Waals surface area (Å²) in [5.74, 6) is 0. The predicted octanol–water partition coefficient (Wildman–Crippen LogP) is 0.314. The topological polar surface area (TPSA) is 44.7 Å². The molecule has 0 fully saturated rings. The van der Waals surface area contributed by atoms with Crippen molar-refractivity contribution in [3.63, 3.8) is 0 Å². The Morgan fingerprint density at radius 1 is 1.40 bits per heavy atom. The van der Waals surface area contributed by atoms with E-state index in [9.17, 15) is 5.11 Å². The van der Waals surface area contributed by atoms with Crippen molar-refractivity contribution in [2.45, 2.75) is 32.4 Å². The third kappa shape index (κ3) is 10.1. The van der Waals surface area contributed by atoms with Gasteiger partial charge in [0.05, 0.1) is 6.10 Å². The Balaban J connectivity index is 3.44. The number of hydrogen-bond acceptors (Lipinski definition) is 4. The Hall–Kier alpha value is -0.160. The second kappa shape index (κ2) is 9.09. The maximum absolute atomic E-state index is 9.69. The van der Waals surface area contributed by atoms with Crippen LogP contribution in [0.15, 0.2) is 0 Å². The quantitative estimate of drug-likeness (QED) is 0.547. The van der Waals surface area contributed by atoms with Crippen molar-refractivity contribution in [2.24, 2.45) is 0 Å². The van der Waals surface area contributed by atoms with Crippen molar-refractivity contribution < 1.29 is 9.84 Å². The normalized spacial score (nSPS) is 13.8. The van der Waals surface area contributed by atoms with Gasteiger partial charge in [-0.3, -0.25) is 0 Å². The molecule has 0 amide bonds. The van der Waals surface area contributed by atoms with E-state index in [4.69, 9.17) is 4.74 Å². The van der Waals surface area contributed by atoms with Crippen LogP contribution in [-0.2, 0) is 4.74 Å². The summed E-state index contributed by atoms with van der Waals surface area (Å²) < 4.78 is 4.97. The minimum Gasteiger partial charge on any atom is -0.390 e. The van der Waals surface area contributed by atoms with E-state index < -0.39 is 0 Å². The molecular formula is C11H26N2O2. The lowest BCUT2D eigenvalue weighted by Crippen LogP contribution is -2.39. The van der Waals surface area contributed by atoms with Gasteiger partial charge in [0.2, 0.25) is 0 Å². The molecule has 4 heteroatoms. The Bertz CT molecular complexity index is 143. The van der Waals surface area contributed by atoms with Gasteiger partial charge in [-0.05, 0) is 13.5 Å². The molecule has 0 heterocycles. The summed E-state index contributed by atoms with van der Waals surface area (Å²) in [5, 5.41) is 12.9. The molecule has 0 aliphatic carbocycles. The van der Waals surface area contributed by atoms with Gasteiger partial charge in [-0.15, -0.1) is 0 Å². The van der Waals surface area contributed by atoms with Crippen LogP contribution < -0.4 is 5.32 Å². The van der Waals surface area contributed by atoms with Gasteiger partial charge in [0.25, 0.3) is 0 Å². The van der Waals surface area contributed by atoms with Crippen LogP contribution in [0, 0.1) is 0 Å². The number of ether oxygens (including phenoxy) is 1. The number of methoxy groups -OCH3 is 1. The number of nitrogens with one attached hydrogen (secondary N) is 1. The van der Waals surface area contributed by atoms with E-state index in [1.54, 1.807) is 7.11 Å². The molecule has 0 aliphatic rings. The Kier molecular flexibility index (Phi) is 9.00. The van der Waals surface area contributed by atoms with E-state index in [0.29, 0.717) is 19.1 Å². The molecule has 4 nitrogen and oxygen atoms in total. The Labute approximate surface area is 93.6 Å². The summed E-state index contributed by atoms with van der Waals surface area (Å²) in [6.07, 6.45) is 0.720. The highest BCUT2D eigenvalue weighted by atomic mass is 16.5. The second-order valence-electron chi connectivity index (χ2n) is 4.33. The summed E-state index contributed by atoms with van der Waals surface area (Å²) in [6.45, 7) is 7.27. The first kappa shape index (κ1) is 14.8. The third-order valence-electron chi connectivity index (χ3n) is 2.17. The highest BCUT2D eigenvalue weighted by Gasteiger charge is 2.07. The molecular weight excluding hydrogens is 192 g/mol. The first-order valence-corrected chi connectivity index (χ1v) is 5.65. The molecule has 0 aromatic rings. The zero-order chi connectivity index (χ0) is 11.7. The molecule has 0 aromatic heterocycles. The molecule has 0 rings (SSSR count). The third-order valence-corrected chi connectivity index (χ3v) is 2.17. The zero-order valence-corrected chi connectivity index (χ0v) is 10.5. The lowest BCUT2D eigenvalue weighted by atomic mass is 10.3. The molecule has 0 aromatic carbocycles. The van der Waals surface area contributed by atoms with Gasteiger partial charge in [-0.25, -0.2) is 0 Å². The van der Waals surface area contributed by atoms with Gasteiger partial charge in [0.1, 0.15) is 0 Å². The van der Waals surface area contributed by atoms with Gasteiger partial charge in [0, 0.05) is 39.4 Å². The lowest BCUT2D eigenvalue weighted by molar-refractivity contribution is 0.114. The summed E-state index contributed by atoms with van der Waals surface area (Å²) in [4.78, 5) is 2.13. The molecule has 92 valence electrons. The van der Waals surface area contributed by atoms with Crippen LogP contribution >= 0.6 is 0 Å². The maximum Gasteiger partial charge on any atom is 0.0791 e. The first-order valence-electron chi connectivity index (χ1n) is 5.65. The molecule has 1 atom stereocenters. The molecule has 15 heavy (non-hydrogen) atoms. The van der Waals surface area contributed by atoms with Crippen molar-refractivity contribution in [3.8, 4) is 0 Å².